The Kier molecular flexibility index (Phi) is 10.4. The Balaban J connectivity index is 0.00000364. The molecule has 2 aromatic heterocycles. The van der Waals surface area contributed by atoms with Gasteiger partial charge in [0.2, 0.25) is 5.91 Å². The number of hydrogen-bond acceptors (Lipinski definition) is 5. The van der Waals surface area contributed by atoms with Crippen LogP contribution in [0, 0.1) is 13.8 Å². The standard InChI is InChI=1S/C18H27N5O2S.HI/c1-13-14(2)26-16(22-13)8-10-20-18(21-12-17(24)23(3)4)19-9-7-15-6-5-11-25-15;/h5-6,11H,7-10,12H2,1-4H3,(H2,19,20,21);1H. The zero-order valence-corrected chi connectivity index (χ0v) is 19.4. The number of nitrogens with zero attached hydrogens (tertiary/aromatic N) is 3. The second-order valence-corrected chi connectivity index (χ2v) is 7.42. The van der Waals surface area contributed by atoms with Gasteiger partial charge in [-0.05, 0) is 26.0 Å². The number of carbonyl (C=O) groups excluding carboxylic acids is 1. The van der Waals surface area contributed by atoms with Crippen molar-refractivity contribution in [1.82, 2.24) is 20.5 Å². The number of nitrogens with one attached hydrogen (secondary N) is 2. The van der Waals surface area contributed by atoms with Crippen LogP contribution < -0.4 is 10.6 Å². The largest absolute Gasteiger partial charge is 0.469 e. The van der Waals surface area contributed by atoms with E-state index < -0.39 is 0 Å². The molecule has 2 heterocycles. The van der Waals surface area contributed by atoms with Crippen LogP contribution in [0.1, 0.15) is 21.3 Å². The quantitative estimate of drug-likeness (QED) is 0.327. The first kappa shape index (κ1) is 23.4. The molecule has 0 aliphatic carbocycles. The third kappa shape index (κ3) is 8.29. The van der Waals surface area contributed by atoms with Gasteiger partial charge in [-0.25, -0.2) is 9.98 Å². The van der Waals surface area contributed by atoms with Gasteiger partial charge in [-0.1, -0.05) is 0 Å². The number of hydrogen-bond donors (Lipinski definition) is 2. The minimum absolute atomic E-state index is 0. The second kappa shape index (κ2) is 12.0. The van der Waals surface area contributed by atoms with Gasteiger partial charge in [0.05, 0.1) is 17.0 Å². The maximum atomic E-state index is 11.8. The molecule has 0 aromatic carbocycles. The number of amides is 1. The molecule has 0 saturated carbocycles. The van der Waals surface area contributed by atoms with E-state index in [9.17, 15) is 4.79 Å². The van der Waals surface area contributed by atoms with Crippen molar-refractivity contribution in [1.29, 1.82) is 0 Å². The summed E-state index contributed by atoms with van der Waals surface area (Å²) < 4.78 is 5.33. The van der Waals surface area contributed by atoms with Crippen molar-refractivity contribution in [2.24, 2.45) is 4.99 Å². The van der Waals surface area contributed by atoms with Crippen molar-refractivity contribution in [2.45, 2.75) is 26.7 Å². The molecule has 27 heavy (non-hydrogen) atoms. The van der Waals surface area contributed by atoms with Gasteiger partial charge in [-0.2, -0.15) is 0 Å². The topological polar surface area (TPSA) is 82.8 Å². The molecule has 1 amide bonds. The molecule has 0 atom stereocenters. The molecule has 0 aliphatic heterocycles. The minimum atomic E-state index is -0.0386. The summed E-state index contributed by atoms with van der Waals surface area (Å²) >= 11 is 1.72. The van der Waals surface area contributed by atoms with Crippen molar-refractivity contribution in [2.75, 3.05) is 33.7 Å². The molecule has 0 spiro atoms. The number of guanidine groups is 1. The smallest absolute Gasteiger partial charge is 0.243 e. The predicted molar refractivity (Wildman–Crippen MR) is 120 cm³/mol. The first-order valence-corrected chi connectivity index (χ1v) is 9.45. The van der Waals surface area contributed by atoms with E-state index in [-0.39, 0.29) is 36.4 Å². The lowest BCUT2D eigenvalue weighted by Crippen LogP contribution is -2.40. The van der Waals surface area contributed by atoms with Crippen LogP contribution in [0.25, 0.3) is 0 Å². The lowest BCUT2D eigenvalue weighted by molar-refractivity contribution is -0.127. The minimum Gasteiger partial charge on any atom is -0.469 e. The molecular weight excluding hydrogens is 477 g/mol. The maximum Gasteiger partial charge on any atom is 0.243 e. The fraction of sp³-hybridized carbons (Fsp3) is 0.500. The van der Waals surface area contributed by atoms with Crippen molar-refractivity contribution < 1.29 is 9.21 Å². The van der Waals surface area contributed by atoms with Crippen LogP contribution in [-0.4, -0.2) is 55.5 Å². The summed E-state index contributed by atoms with van der Waals surface area (Å²) in [5.74, 6) is 1.50. The van der Waals surface area contributed by atoms with Crippen LogP contribution in [0.3, 0.4) is 0 Å². The molecule has 2 N–H and O–H groups in total. The molecular formula is C18H28IN5O2S. The molecule has 9 heteroatoms. The molecule has 0 aliphatic rings. The van der Waals surface area contributed by atoms with Gasteiger partial charge in [0.25, 0.3) is 0 Å². The molecule has 0 bridgehead atoms. The number of carbonyl (C=O) groups is 1. The van der Waals surface area contributed by atoms with E-state index in [4.69, 9.17) is 4.42 Å². The van der Waals surface area contributed by atoms with Gasteiger partial charge in [-0.3, -0.25) is 4.79 Å². The Hall–Kier alpha value is -1.62. The number of thiazole rings is 1. The highest BCUT2D eigenvalue weighted by molar-refractivity contribution is 14.0. The Morgan fingerprint density at radius 3 is 2.52 bits per heavy atom. The number of rotatable bonds is 8. The fourth-order valence-electron chi connectivity index (χ4n) is 2.16. The molecule has 2 rings (SSSR count). The highest BCUT2D eigenvalue weighted by atomic mass is 127. The van der Waals surface area contributed by atoms with Crippen LogP contribution in [-0.2, 0) is 17.6 Å². The van der Waals surface area contributed by atoms with E-state index in [0.29, 0.717) is 19.0 Å². The summed E-state index contributed by atoms with van der Waals surface area (Å²) in [4.78, 5) is 23.5. The number of aryl methyl sites for hydroxylation is 2. The monoisotopic (exact) mass is 505 g/mol. The van der Waals surface area contributed by atoms with E-state index in [1.807, 2.05) is 19.1 Å². The van der Waals surface area contributed by atoms with Crippen LogP contribution in [0.5, 0.6) is 0 Å². The Labute approximate surface area is 181 Å². The normalized spacial score (nSPS) is 11.0. The average molecular weight is 505 g/mol. The maximum absolute atomic E-state index is 11.8. The van der Waals surface area contributed by atoms with Crippen LogP contribution >= 0.6 is 35.3 Å². The molecule has 0 radical (unpaired) electrons. The zero-order chi connectivity index (χ0) is 18.9. The first-order valence-electron chi connectivity index (χ1n) is 8.63. The summed E-state index contributed by atoms with van der Waals surface area (Å²) in [5, 5.41) is 7.63. The molecule has 7 nitrogen and oxygen atoms in total. The third-order valence-electron chi connectivity index (χ3n) is 3.82. The molecule has 0 unspecified atom stereocenters. The predicted octanol–water partition coefficient (Wildman–Crippen LogP) is 2.38. The molecule has 0 saturated heterocycles. The summed E-state index contributed by atoms with van der Waals surface area (Å²) in [6.07, 6.45) is 3.23. The second-order valence-electron chi connectivity index (χ2n) is 6.14. The number of halogens is 1. The van der Waals surface area contributed by atoms with E-state index in [1.165, 1.54) is 9.78 Å². The summed E-state index contributed by atoms with van der Waals surface area (Å²) in [6, 6.07) is 3.81. The highest BCUT2D eigenvalue weighted by Crippen LogP contribution is 2.16. The van der Waals surface area contributed by atoms with Gasteiger partial charge < -0.3 is 20.0 Å². The van der Waals surface area contributed by atoms with Crippen LogP contribution in [0.2, 0.25) is 0 Å². The van der Waals surface area contributed by atoms with Crippen molar-refractivity contribution in [3.05, 3.63) is 39.7 Å². The van der Waals surface area contributed by atoms with Gasteiger partial charge in [-0.15, -0.1) is 35.3 Å². The Morgan fingerprint density at radius 1 is 1.26 bits per heavy atom. The summed E-state index contributed by atoms with van der Waals surface area (Å²) in [6.45, 7) is 5.59. The highest BCUT2D eigenvalue weighted by Gasteiger charge is 2.07. The summed E-state index contributed by atoms with van der Waals surface area (Å²) in [7, 11) is 3.45. The van der Waals surface area contributed by atoms with Gasteiger partial charge in [0, 0.05) is 44.9 Å². The molecule has 0 fully saturated rings. The Morgan fingerprint density at radius 2 is 1.96 bits per heavy atom. The van der Waals surface area contributed by atoms with Crippen molar-refractivity contribution in [3.8, 4) is 0 Å². The molecule has 2 aromatic rings. The first-order chi connectivity index (χ1) is 12.5. The SMILES string of the molecule is Cc1nc(CCNC(=NCC(=O)N(C)C)NCCc2ccco2)sc1C.I. The van der Waals surface area contributed by atoms with Crippen LogP contribution in [0.4, 0.5) is 0 Å². The van der Waals surface area contributed by atoms with E-state index in [1.54, 1.807) is 31.7 Å². The van der Waals surface area contributed by atoms with Gasteiger partial charge in [0.15, 0.2) is 5.96 Å². The van der Waals surface area contributed by atoms with Gasteiger partial charge >= 0.3 is 0 Å². The van der Waals surface area contributed by atoms with E-state index in [2.05, 4.69) is 27.5 Å². The molecule has 150 valence electrons. The number of likely N-dealkylation sites (N-methyl/N-ethyl adjacent to an activating group) is 1. The fourth-order valence-corrected chi connectivity index (χ4v) is 3.09. The number of furan rings is 1. The Bertz CT molecular complexity index is 709. The third-order valence-corrected chi connectivity index (χ3v) is 4.95. The van der Waals surface area contributed by atoms with E-state index >= 15 is 0 Å². The number of aliphatic imine (C=N–C) groups is 1. The number of aromatic nitrogens is 1. The van der Waals surface area contributed by atoms with Crippen molar-refractivity contribution >= 4 is 47.2 Å². The van der Waals surface area contributed by atoms with Crippen molar-refractivity contribution in [3.63, 3.8) is 0 Å². The zero-order valence-electron chi connectivity index (χ0n) is 16.2. The summed E-state index contributed by atoms with van der Waals surface area (Å²) in [5.41, 5.74) is 1.09. The lowest BCUT2D eigenvalue weighted by Gasteiger charge is -2.13. The van der Waals surface area contributed by atoms with E-state index in [0.717, 1.165) is 29.3 Å². The average Bonchev–Trinajstić information content (AvgIpc) is 3.22. The van der Waals surface area contributed by atoms with Gasteiger partial charge in [0.1, 0.15) is 12.3 Å². The lowest BCUT2D eigenvalue weighted by atomic mass is 10.3. The van der Waals surface area contributed by atoms with Crippen LogP contribution in [0.15, 0.2) is 27.8 Å².